The molecule has 1 aliphatic heterocycles. The highest BCUT2D eigenvalue weighted by Crippen LogP contribution is 2.12. The van der Waals surface area contributed by atoms with Gasteiger partial charge in [-0.3, -0.25) is 10.1 Å². The molecule has 1 fully saturated rings. The van der Waals surface area contributed by atoms with Gasteiger partial charge in [0.1, 0.15) is 0 Å². The van der Waals surface area contributed by atoms with E-state index in [0.29, 0.717) is 5.69 Å². The lowest BCUT2D eigenvalue weighted by Crippen LogP contribution is -2.42. The minimum absolute atomic E-state index is 0.0653. The number of piperidine rings is 1. The first-order valence-corrected chi connectivity index (χ1v) is 6.54. The second kappa shape index (κ2) is 6.33. The number of carbonyl (C=O) groups excluding carboxylic acids is 2. The van der Waals surface area contributed by atoms with Crippen LogP contribution in [0.4, 0.5) is 10.5 Å². The van der Waals surface area contributed by atoms with Crippen molar-refractivity contribution in [3.8, 4) is 0 Å². The van der Waals surface area contributed by atoms with Crippen molar-refractivity contribution in [2.75, 3.05) is 18.4 Å². The smallest absolute Gasteiger partial charge is 0.317 e. The van der Waals surface area contributed by atoms with Crippen molar-refractivity contribution in [2.45, 2.75) is 19.8 Å². The highest BCUT2D eigenvalue weighted by Gasteiger charge is 2.22. The van der Waals surface area contributed by atoms with Gasteiger partial charge in [0.25, 0.3) is 0 Å². The zero-order valence-corrected chi connectivity index (χ0v) is 11.0. The number of rotatable bonds is 2. The fraction of sp³-hybridized carbons (Fsp3) is 0.429. The number of urea groups is 1. The van der Waals surface area contributed by atoms with Crippen LogP contribution in [0.3, 0.4) is 0 Å². The first kappa shape index (κ1) is 13.5. The van der Waals surface area contributed by atoms with Gasteiger partial charge >= 0.3 is 6.03 Å². The molecule has 1 saturated heterocycles. The summed E-state index contributed by atoms with van der Waals surface area (Å²) in [6.45, 7) is 3.61. The summed E-state index contributed by atoms with van der Waals surface area (Å²) in [5.41, 5.74) is 1.75. The summed E-state index contributed by atoms with van der Waals surface area (Å²) in [4.78, 5) is 23.6. The maximum Gasteiger partial charge on any atom is 0.325 e. The quantitative estimate of drug-likeness (QED) is 0.758. The van der Waals surface area contributed by atoms with E-state index in [1.165, 1.54) is 0 Å². The molecule has 0 aliphatic carbocycles. The summed E-state index contributed by atoms with van der Waals surface area (Å²) < 4.78 is 0. The number of anilines is 1. The Kier molecular flexibility index (Phi) is 4.52. The molecule has 5 heteroatoms. The number of nitrogens with one attached hydrogen (secondary N) is 3. The monoisotopic (exact) mass is 261 g/mol. The summed E-state index contributed by atoms with van der Waals surface area (Å²) >= 11 is 0. The predicted octanol–water partition coefficient (Wildman–Crippen LogP) is 1.64. The molecular formula is C14H19N3O2. The van der Waals surface area contributed by atoms with Crippen LogP contribution in [-0.2, 0) is 4.79 Å². The molecule has 2 rings (SSSR count). The molecule has 5 nitrogen and oxygen atoms in total. The number of amides is 3. The van der Waals surface area contributed by atoms with Gasteiger partial charge < -0.3 is 10.6 Å². The molecule has 1 aliphatic rings. The molecule has 0 aromatic heterocycles. The third-order valence-electron chi connectivity index (χ3n) is 3.22. The maximum atomic E-state index is 11.9. The van der Waals surface area contributed by atoms with Crippen LogP contribution in [-0.4, -0.2) is 25.0 Å². The van der Waals surface area contributed by atoms with Crippen molar-refractivity contribution in [1.29, 1.82) is 0 Å². The average Bonchev–Trinajstić information content (AvgIpc) is 2.39. The van der Waals surface area contributed by atoms with Gasteiger partial charge in [0.05, 0.1) is 0 Å². The van der Waals surface area contributed by atoms with Crippen LogP contribution in [0.2, 0.25) is 0 Å². The van der Waals surface area contributed by atoms with E-state index >= 15 is 0 Å². The van der Waals surface area contributed by atoms with E-state index in [0.717, 1.165) is 31.5 Å². The number of aryl methyl sites for hydroxylation is 1. The largest absolute Gasteiger partial charge is 0.325 e. The molecule has 1 aromatic carbocycles. The van der Waals surface area contributed by atoms with Crippen LogP contribution in [0.15, 0.2) is 24.3 Å². The van der Waals surface area contributed by atoms with E-state index in [1.54, 1.807) is 6.07 Å². The third-order valence-corrected chi connectivity index (χ3v) is 3.22. The Labute approximate surface area is 112 Å². The Morgan fingerprint density at radius 1 is 1.26 bits per heavy atom. The highest BCUT2D eigenvalue weighted by atomic mass is 16.2. The number of imide groups is 1. The maximum absolute atomic E-state index is 11.9. The van der Waals surface area contributed by atoms with Crippen LogP contribution in [0.25, 0.3) is 0 Å². The lowest BCUT2D eigenvalue weighted by atomic mass is 9.97. The van der Waals surface area contributed by atoms with Gasteiger partial charge in [-0.25, -0.2) is 4.79 Å². The fourth-order valence-electron chi connectivity index (χ4n) is 2.18. The van der Waals surface area contributed by atoms with Gasteiger partial charge in [-0.2, -0.15) is 0 Å². The van der Waals surface area contributed by atoms with Crippen LogP contribution in [0, 0.1) is 12.8 Å². The van der Waals surface area contributed by atoms with Crippen molar-refractivity contribution in [1.82, 2.24) is 10.6 Å². The highest BCUT2D eigenvalue weighted by molar-refractivity contribution is 6.01. The molecule has 1 aromatic rings. The Bertz CT molecular complexity index is 468. The van der Waals surface area contributed by atoms with Crippen LogP contribution < -0.4 is 16.0 Å². The van der Waals surface area contributed by atoms with Gasteiger partial charge in [0, 0.05) is 11.6 Å². The van der Waals surface area contributed by atoms with Gasteiger partial charge in [0.15, 0.2) is 0 Å². The Morgan fingerprint density at radius 2 is 2.00 bits per heavy atom. The first-order chi connectivity index (χ1) is 9.15. The number of hydrogen-bond donors (Lipinski definition) is 3. The lowest BCUT2D eigenvalue weighted by molar-refractivity contribution is -0.124. The summed E-state index contributed by atoms with van der Waals surface area (Å²) in [6.07, 6.45) is 1.56. The van der Waals surface area contributed by atoms with Gasteiger partial charge in [-0.15, -0.1) is 0 Å². The van der Waals surface area contributed by atoms with Crippen molar-refractivity contribution in [3.63, 3.8) is 0 Å². The fourth-order valence-corrected chi connectivity index (χ4v) is 2.18. The lowest BCUT2D eigenvalue weighted by Gasteiger charge is -2.21. The molecule has 0 unspecified atom stereocenters. The molecule has 19 heavy (non-hydrogen) atoms. The SMILES string of the molecule is Cc1cccc(NC(=O)NC(=O)C2CCNCC2)c1. The third kappa shape index (κ3) is 4.06. The van der Waals surface area contributed by atoms with Crippen LogP contribution in [0.1, 0.15) is 18.4 Å². The number of benzene rings is 1. The zero-order chi connectivity index (χ0) is 13.7. The summed E-state index contributed by atoms with van der Waals surface area (Å²) in [5, 5.41) is 8.26. The molecule has 1 heterocycles. The van der Waals surface area contributed by atoms with Crippen molar-refractivity contribution >= 4 is 17.6 Å². The van der Waals surface area contributed by atoms with E-state index in [1.807, 2.05) is 25.1 Å². The van der Waals surface area contributed by atoms with E-state index in [-0.39, 0.29) is 11.8 Å². The number of carbonyl (C=O) groups is 2. The molecule has 0 radical (unpaired) electrons. The second-order valence-electron chi connectivity index (χ2n) is 4.84. The summed E-state index contributed by atoms with van der Waals surface area (Å²) in [7, 11) is 0. The molecular weight excluding hydrogens is 242 g/mol. The van der Waals surface area contributed by atoms with E-state index in [9.17, 15) is 9.59 Å². The topological polar surface area (TPSA) is 70.2 Å². The normalized spacial score (nSPS) is 15.8. The zero-order valence-electron chi connectivity index (χ0n) is 11.0. The molecule has 0 spiro atoms. The molecule has 0 bridgehead atoms. The van der Waals surface area contributed by atoms with Gasteiger partial charge in [-0.1, -0.05) is 12.1 Å². The number of hydrogen-bond acceptors (Lipinski definition) is 3. The molecule has 102 valence electrons. The Balaban J connectivity index is 1.85. The average molecular weight is 261 g/mol. The molecule has 3 amide bonds. The van der Waals surface area contributed by atoms with Gasteiger partial charge in [0.2, 0.25) is 5.91 Å². The second-order valence-corrected chi connectivity index (χ2v) is 4.84. The summed E-state index contributed by atoms with van der Waals surface area (Å²) in [5.74, 6) is -0.254. The van der Waals surface area contributed by atoms with Crippen LogP contribution in [0.5, 0.6) is 0 Å². The van der Waals surface area contributed by atoms with Gasteiger partial charge in [-0.05, 0) is 50.6 Å². The Morgan fingerprint density at radius 3 is 2.68 bits per heavy atom. The molecule has 0 atom stereocenters. The van der Waals surface area contributed by atoms with Crippen LogP contribution >= 0.6 is 0 Å². The van der Waals surface area contributed by atoms with Crippen molar-refractivity contribution < 1.29 is 9.59 Å². The standard InChI is InChI=1S/C14H19N3O2/c1-10-3-2-4-12(9-10)16-14(19)17-13(18)11-5-7-15-8-6-11/h2-4,9,11,15H,5-8H2,1H3,(H2,16,17,18,19). The molecule has 0 saturated carbocycles. The minimum Gasteiger partial charge on any atom is -0.317 e. The van der Waals surface area contributed by atoms with E-state index in [4.69, 9.17) is 0 Å². The molecule has 3 N–H and O–H groups in total. The first-order valence-electron chi connectivity index (χ1n) is 6.54. The van der Waals surface area contributed by atoms with E-state index in [2.05, 4.69) is 16.0 Å². The van der Waals surface area contributed by atoms with Crippen molar-refractivity contribution in [2.24, 2.45) is 5.92 Å². The van der Waals surface area contributed by atoms with Crippen molar-refractivity contribution in [3.05, 3.63) is 29.8 Å². The Hall–Kier alpha value is -1.88. The summed E-state index contributed by atoms with van der Waals surface area (Å²) in [6, 6.07) is 6.99. The predicted molar refractivity (Wildman–Crippen MR) is 73.9 cm³/mol. The van der Waals surface area contributed by atoms with E-state index < -0.39 is 6.03 Å². The minimum atomic E-state index is -0.464.